The Kier molecular flexibility index (Phi) is 25.6. The first kappa shape index (κ1) is 57.7. The van der Waals surface area contributed by atoms with Crippen molar-refractivity contribution >= 4 is 64.0 Å². The van der Waals surface area contributed by atoms with E-state index in [9.17, 15) is 46.7 Å². The SMILES string of the molecule is Cc1cc(=O)oc2cc(NC(=O)[C@H](CCCNC(=N)N)NC(=O)[C@H](CC(C)C)NC(=O)[C@H](CCCCN)NC(=O)[C@H](CCC(N)=O)NC(=O)[C@@H](N)CCCCN)ccc12.O=C(O)C(F)(F)F. The molecule has 0 spiro atoms. The molecule has 0 aliphatic carbocycles. The summed E-state index contributed by atoms with van der Waals surface area (Å²) in [6, 6.07) is 0.517. The van der Waals surface area contributed by atoms with E-state index in [0.717, 1.165) is 0 Å². The highest BCUT2D eigenvalue weighted by Crippen LogP contribution is 2.21. The van der Waals surface area contributed by atoms with Crippen molar-refractivity contribution < 1.29 is 56.3 Å². The fourth-order valence-electron chi connectivity index (χ4n) is 6.19. The molecule has 2 rings (SSSR count). The van der Waals surface area contributed by atoms with Gasteiger partial charge in [-0.2, -0.15) is 13.2 Å². The van der Waals surface area contributed by atoms with Gasteiger partial charge in [-0.3, -0.25) is 34.2 Å². The molecule has 22 nitrogen and oxygen atoms in total. The number of fused-ring (bicyclic) bond motifs is 1. The van der Waals surface area contributed by atoms with E-state index in [1.807, 2.05) is 13.8 Å². The maximum Gasteiger partial charge on any atom is 0.490 e. The Bertz CT molecular complexity index is 2020. The number of carboxylic acids is 1. The Morgan fingerprint density at radius 3 is 1.77 bits per heavy atom. The number of aliphatic carboxylic acids is 1. The van der Waals surface area contributed by atoms with Crippen LogP contribution in [-0.4, -0.2) is 108 Å². The Morgan fingerprint density at radius 1 is 0.742 bits per heavy atom. The maximum atomic E-state index is 14.0. The minimum Gasteiger partial charge on any atom is -0.475 e. The van der Waals surface area contributed by atoms with Gasteiger partial charge in [-0.1, -0.05) is 20.3 Å². The predicted molar refractivity (Wildman–Crippen MR) is 238 cm³/mol. The zero-order valence-electron chi connectivity index (χ0n) is 37.3. The van der Waals surface area contributed by atoms with Crippen molar-refractivity contribution in [2.75, 3.05) is 25.0 Å². The van der Waals surface area contributed by atoms with E-state index in [1.54, 1.807) is 19.1 Å². The fourth-order valence-corrected chi connectivity index (χ4v) is 6.19. The number of alkyl halides is 3. The fraction of sp³-hybridized carbons (Fsp3) is 0.585. The summed E-state index contributed by atoms with van der Waals surface area (Å²) in [5.41, 5.74) is 28.7. The van der Waals surface area contributed by atoms with Gasteiger partial charge in [0.05, 0.1) is 6.04 Å². The van der Waals surface area contributed by atoms with Crippen LogP contribution < -0.4 is 66.2 Å². The largest absolute Gasteiger partial charge is 0.490 e. The molecule has 0 aliphatic rings. The zero-order valence-corrected chi connectivity index (χ0v) is 37.3. The second-order valence-corrected chi connectivity index (χ2v) is 15.8. The van der Waals surface area contributed by atoms with Crippen LogP contribution >= 0.6 is 0 Å². The number of benzene rings is 1. The number of aryl methyl sites for hydroxylation is 1. The Morgan fingerprint density at radius 2 is 1.24 bits per heavy atom. The summed E-state index contributed by atoms with van der Waals surface area (Å²) < 4.78 is 37.0. The average Bonchev–Trinajstić information content (AvgIpc) is 3.21. The molecule has 66 heavy (non-hydrogen) atoms. The van der Waals surface area contributed by atoms with E-state index in [2.05, 4.69) is 31.9 Å². The molecular formula is C41H65F3N12O10. The molecule has 25 heteroatoms. The van der Waals surface area contributed by atoms with Gasteiger partial charge in [0.2, 0.25) is 35.4 Å². The van der Waals surface area contributed by atoms with Gasteiger partial charge < -0.3 is 70.1 Å². The van der Waals surface area contributed by atoms with Crippen molar-refractivity contribution in [2.45, 2.75) is 128 Å². The minimum absolute atomic E-state index is 0.106. The first-order chi connectivity index (χ1) is 30.9. The smallest absolute Gasteiger partial charge is 0.475 e. The molecule has 370 valence electrons. The van der Waals surface area contributed by atoms with E-state index in [1.165, 1.54) is 12.1 Å². The van der Waals surface area contributed by atoms with Gasteiger partial charge in [-0.05, 0) is 101 Å². The predicted octanol–water partition coefficient (Wildman–Crippen LogP) is -0.227. The highest BCUT2D eigenvalue weighted by atomic mass is 19.4. The molecule has 2 aromatic rings. The van der Waals surface area contributed by atoms with Crippen LogP contribution in [0.4, 0.5) is 18.9 Å². The van der Waals surface area contributed by atoms with Gasteiger partial charge in [0, 0.05) is 36.2 Å². The van der Waals surface area contributed by atoms with Crippen molar-refractivity contribution in [1.82, 2.24) is 26.6 Å². The highest BCUT2D eigenvalue weighted by molar-refractivity contribution is 6.00. The van der Waals surface area contributed by atoms with Crippen LogP contribution in [0.15, 0.2) is 33.5 Å². The molecule has 0 saturated carbocycles. The number of amides is 6. The van der Waals surface area contributed by atoms with Gasteiger partial charge in [0.15, 0.2) is 5.96 Å². The Balaban J connectivity index is 0.00000286. The summed E-state index contributed by atoms with van der Waals surface area (Å²) >= 11 is 0. The third-order valence-corrected chi connectivity index (χ3v) is 9.62. The van der Waals surface area contributed by atoms with Crippen molar-refractivity contribution in [1.29, 1.82) is 5.41 Å². The number of nitrogens with two attached hydrogens (primary N) is 5. The molecule has 1 aromatic carbocycles. The number of guanidine groups is 1. The molecule has 6 amide bonds. The standard InChI is InChI=1S/C39H64N12O8.C2HF3O2/c1-22(2)19-30(38(58)50-28(11-8-18-46-39(44)45)35(55)47-24-12-13-25-23(3)20-33(53)59-31(25)21-24)51-36(56)27(10-5-7-17-41)49-37(57)29(14-15-32(43)52)48-34(54)26(42)9-4-6-16-40;3-2(4,5)1(6)7/h12-13,20-22,26-30H,4-11,14-19,40-42H2,1-3H3,(H2,43,52)(H,47,55)(H,48,54)(H,49,57)(H,50,58)(H,51,56)(H4,44,45,46);(H,6,7)/t26-,27-,28-,29-,30-;/m0./s1. The van der Waals surface area contributed by atoms with Crippen molar-refractivity contribution in [3.63, 3.8) is 0 Å². The summed E-state index contributed by atoms with van der Waals surface area (Å²) in [6.45, 7) is 6.42. The van der Waals surface area contributed by atoms with E-state index < -0.39 is 83.4 Å². The van der Waals surface area contributed by atoms with Crippen molar-refractivity contribution in [3.8, 4) is 0 Å². The molecule has 0 radical (unpaired) electrons. The Labute approximate surface area is 379 Å². The quantitative estimate of drug-likeness (QED) is 0.0238. The van der Waals surface area contributed by atoms with E-state index >= 15 is 0 Å². The second-order valence-electron chi connectivity index (χ2n) is 15.8. The number of anilines is 1. The zero-order chi connectivity index (χ0) is 50.1. The summed E-state index contributed by atoms with van der Waals surface area (Å²) in [5, 5.41) is 31.4. The first-order valence-electron chi connectivity index (χ1n) is 21.3. The van der Waals surface area contributed by atoms with Gasteiger partial charge >= 0.3 is 17.8 Å². The Hall–Kier alpha value is -6.34. The van der Waals surface area contributed by atoms with Gasteiger partial charge in [-0.25, -0.2) is 9.59 Å². The lowest BCUT2D eigenvalue weighted by molar-refractivity contribution is -0.192. The number of hydrogen-bond acceptors (Lipinski definition) is 13. The topological polar surface area (TPSA) is 396 Å². The van der Waals surface area contributed by atoms with Crippen LogP contribution in [0.3, 0.4) is 0 Å². The number of rotatable bonds is 27. The van der Waals surface area contributed by atoms with Gasteiger partial charge in [-0.15, -0.1) is 0 Å². The molecule has 0 saturated heterocycles. The number of unbranched alkanes of at least 4 members (excludes halogenated alkanes) is 2. The highest BCUT2D eigenvalue weighted by Gasteiger charge is 2.38. The molecule has 5 atom stereocenters. The molecule has 18 N–H and O–H groups in total. The maximum absolute atomic E-state index is 14.0. The number of halogens is 3. The van der Waals surface area contributed by atoms with Crippen LogP contribution in [0, 0.1) is 18.3 Å². The number of carbonyl (C=O) groups excluding carboxylic acids is 6. The van der Waals surface area contributed by atoms with Crippen LogP contribution in [0.1, 0.15) is 90.0 Å². The van der Waals surface area contributed by atoms with E-state index in [-0.39, 0.29) is 56.1 Å². The van der Waals surface area contributed by atoms with Gasteiger partial charge in [0.25, 0.3) is 0 Å². The number of nitrogens with one attached hydrogen (secondary N) is 7. The number of primary amides is 1. The lowest BCUT2D eigenvalue weighted by Crippen LogP contribution is -2.58. The average molecular weight is 943 g/mol. The lowest BCUT2D eigenvalue weighted by atomic mass is 10.0. The summed E-state index contributed by atoms with van der Waals surface area (Å²) in [5.74, 6) is -7.18. The molecule has 1 aromatic heterocycles. The summed E-state index contributed by atoms with van der Waals surface area (Å²) in [6.07, 6.45) is -2.27. The van der Waals surface area contributed by atoms with Crippen LogP contribution in [0.25, 0.3) is 11.0 Å². The van der Waals surface area contributed by atoms with E-state index in [4.69, 9.17) is 48.4 Å². The molecular weight excluding hydrogens is 878 g/mol. The van der Waals surface area contributed by atoms with E-state index in [0.29, 0.717) is 68.3 Å². The summed E-state index contributed by atoms with van der Waals surface area (Å²) in [7, 11) is 0. The summed E-state index contributed by atoms with van der Waals surface area (Å²) in [4.78, 5) is 101. The second kappa shape index (κ2) is 29.2. The third-order valence-electron chi connectivity index (χ3n) is 9.62. The van der Waals surface area contributed by atoms with Crippen molar-refractivity contribution in [3.05, 3.63) is 40.2 Å². The molecule has 0 unspecified atom stereocenters. The first-order valence-corrected chi connectivity index (χ1v) is 21.3. The third kappa shape index (κ3) is 22.5. The normalized spacial score (nSPS) is 13.4. The lowest BCUT2D eigenvalue weighted by Gasteiger charge is -2.27. The number of hydrogen-bond donors (Lipinski definition) is 13. The molecule has 1 heterocycles. The number of carbonyl (C=O) groups is 7. The molecule has 0 aliphatic heterocycles. The molecule has 0 fully saturated rings. The van der Waals surface area contributed by atoms with Crippen LogP contribution in [0.5, 0.6) is 0 Å². The monoisotopic (exact) mass is 942 g/mol. The molecule has 0 bridgehead atoms. The van der Waals surface area contributed by atoms with Crippen molar-refractivity contribution in [2.24, 2.45) is 34.6 Å². The van der Waals surface area contributed by atoms with Crippen LogP contribution in [0.2, 0.25) is 0 Å². The number of carboxylic acid groups (broad SMARTS) is 1. The minimum atomic E-state index is -5.08. The van der Waals surface area contributed by atoms with Crippen LogP contribution in [-0.2, 0) is 33.6 Å². The van der Waals surface area contributed by atoms with Gasteiger partial charge in [0.1, 0.15) is 29.8 Å².